The van der Waals surface area contributed by atoms with Gasteiger partial charge in [-0.2, -0.15) is 0 Å². The van der Waals surface area contributed by atoms with Crippen LogP contribution in [0.5, 0.6) is 0 Å². The lowest BCUT2D eigenvalue weighted by Crippen LogP contribution is -2.29. The molecule has 0 aliphatic carbocycles. The van der Waals surface area contributed by atoms with E-state index >= 15 is 0 Å². The molecule has 21 heavy (non-hydrogen) atoms. The van der Waals surface area contributed by atoms with Crippen LogP contribution in [0.3, 0.4) is 0 Å². The Hall–Kier alpha value is -2.69. The average Bonchev–Trinajstić information content (AvgIpc) is 3.07. The van der Waals surface area contributed by atoms with Gasteiger partial charge in [-0.3, -0.25) is 4.79 Å². The smallest absolute Gasteiger partial charge is 0.270 e. The number of oxime groups is 1. The third kappa shape index (κ3) is 3.25. The molecule has 106 valence electrons. The molecule has 1 aromatic carbocycles. The van der Waals surface area contributed by atoms with E-state index in [0.717, 1.165) is 23.4 Å². The van der Waals surface area contributed by atoms with Crippen LogP contribution < -0.4 is 5.32 Å². The van der Waals surface area contributed by atoms with Crippen molar-refractivity contribution < 1.29 is 9.63 Å². The highest BCUT2D eigenvalue weighted by molar-refractivity contribution is 5.96. The lowest BCUT2D eigenvalue weighted by Gasteiger charge is -2.06. The molecule has 1 aliphatic rings. The third-order valence-corrected chi connectivity index (χ3v) is 3.18. The summed E-state index contributed by atoms with van der Waals surface area (Å²) in [5.41, 5.74) is 3.02. The van der Waals surface area contributed by atoms with E-state index in [1.165, 1.54) is 0 Å². The number of amides is 1. The van der Waals surface area contributed by atoms with Crippen LogP contribution >= 0.6 is 0 Å². The Bertz CT molecular complexity index is 668. The fraction of sp³-hybridized carbons (Fsp3) is 0.188. The first kappa shape index (κ1) is 13.3. The second kappa shape index (κ2) is 6.17. The quantitative estimate of drug-likeness (QED) is 0.935. The number of hydrogen-bond acceptors (Lipinski definition) is 4. The van der Waals surface area contributed by atoms with E-state index in [1.54, 1.807) is 6.07 Å². The molecule has 0 radical (unpaired) electrons. The molecule has 0 spiro atoms. The second-order valence-corrected chi connectivity index (χ2v) is 4.70. The Morgan fingerprint density at radius 3 is 2.76 bits per heavy atom. The molecule has 0 fully saturated rings. The third-order valence-electron chi connectivity index (χ3n) is 3.18. The van der Waals surface area contributed by atoms with E-state index in [2.05, 4.69) is 15.5 Å². The van der Waals surface area contributed by atoms with Gasteiger partial charge in [-0.05, 0) is 12.1 Å². The molecule has 1 N–H and O–H groups in total. The molecule has 0 atom stereocenters. The van der Waals surface area contributed by atoms with E-state index in [4.69, 9.17) is 4.84 Å². The molecular weight excluding hydrogens is 266 g/mol. The Kier molecular flexibility index (Phi) is 3.91. The first-order valence-corrected chi connectivity index (χ1v) is 6.81. The predicted octanol–water partition coefficient (Wildman–Crippen LogP) is 2.25. The molecule has 0 unspecified atom stereocenters. The van der Waals surface area contributed by atoms with Crippen molar-refractivity contribution >= 4 is 11.6 Å². The van der Waals surface area contributed by atoms with Gasteiger partial charge in [0, 0.05) is 12.0 Å². The monoisotopic (exact) mass is 281 g/mol. The first-order chi connectivity index (χ1) is 10.3. The van der Waals surface area contributed by atoms with Gasteiger partial charge in [-0.1, -0.05) is 41.6 Å². The molecule has 0 bridgehead atoms. The van der Waals surface area contributed by atoms with Gasteiger partial charge in [0.1, 0.15) is 12.3 Å². The van der Waals surface area contributed by atoms with Gasteiger partial charge in [0.25, 0.3) is 5.91 Å². The SMILES string of the molecule is O=C(NCC1=NOCC1)c1cccc(-c2ccccc2)n1. The van der Waals surface area contributed by atoms with Crippen LogP contribution in [0.25, 0.3) is 11.3 Å². The Morgan fingerprint density at radius 2 is 2.00 bits per heavy atom. The molecule has 0 saturated carbocycles. The molecule has 2 heterocycles. The molecule has 5 heteroatoms. The van der Waals surface area contributed by atoms with E-state index in [1.807, 2.05) is 42.5 Å². The molecule has 2 aromatic rings. The van der Waals surface area contributed by atoms with Crippen LogP contribution in [-0.2, 0) is 4.84 Å². The minimum absolute atomic E-state index is 0.206. The number of carbonyl (C=O) groups excluding carboxylic acids is 1. The maximum Gasteiger partial charge on any atom is 0.270 e. The largest absolute Gasteiger partial charge is 0.395 e. The van der Waals surface area contributed by atoms with E-state index in [-0.39, 0.29) is 5.91 Å². The number of aromatic nitrogens is 1. The number of carbonyl (C=O) groups is 1. The summed E-state index contributed by atoms with van der Waals surface area (Å²) in [5.74, 6) is -0.206. The summed E-state index contributed by atoms with van der Waals surface area (Å²) in [6.45, 7) is 0.989. The highest BCUT2D eigenvalue weighted by Crippen LogP contribution is 2.16. The number of pyridine rings is 1. The van der Waals surface area contributed by atoms with Gasteiger partial charge in [0.15, 0.2) is 0 Å². The lowest BCUT2D eigenvalue weighted by atomic mass is 10.1. The van der Waals surface area contributed by atoms with E-state index in [0.29, 0.717) is 18.8 Å². The molecule has 3 rings (SSSR count). The fourth-order valence-corrected chi connectivity index (χ4v) is 2.07. The highest BCUT2D eigenvalue weighted by Gasteiger charge is 2.12. The molecule has 1 aliphatic heterocycles. The van der Waals surface area contributed by atoms with Crippen LogP contribution in [-0.4, -0.2) is 29.8 Å². The van der Waals surface area contributed by atoms with Crippen LogP contribution in [0.4, 0.5) is 0 Å². The van der Waals surface area contributed by atoms with Crippen molar-refractivity contribution in [2.24, 2.45) is 5.16 Å². The zero-order valence-electron chi connectivity index (χ0n) is 11.5. The van der Waals surface area contributed by atoms with E-state index in [9.17, 15) is 4.79 Å². The summed E-state index contributed by atoms with van der Waals surface area (Å²) in [5, 5.41) is 6.66. The number of nitrogens with zero attached hydrogens (tertiary/aromatic N) is 2. The number of benzene rings is 1. The molecule has 0 saturated heterocycles. The summed E-state index contributed by atoms with van der Waals surface area (Å²) in [7, 11) is 0. The summed E-state index contributed by atoms with van der Waals surface area (Å²) in [6, 6.07) is 15.2. The average molecular weight is 281 g/mol. The topological polar surface area (TPSA) is 63.6 Å². The van der Waals surface area contributed by atoms with Crippen molar-refractivity contribution in [2.45, 2.75) is 6.42 Å². The number of rotatable bonds is 4. The standard InChI is InChI=1S/C16H15N3O2/c20-16(17-11-13-9-10-21-19-13)15-8-4-7-14(18-15)12-5-2-1-3-6-12/h1-8H,9-11H2,(H,17,20). The van der Waals surface area contributed by atoms with Crippen LogP contribution in [0, 0.1) is 0 Å². The van der Waals surface area contributed by atoms with Crippen LogP contribution in [0.15, 0.2) is 53.7 Å². The maximum atomic E-state index is 12.1. The van der Waals surface area contributed by atoms with Gasteiger partial charge < -0.3 is 10.2 Å². The zero-order valence-corrected chi connectivity index (χ0v) is 11.5. The van der Waals surface area contributed by atoms with Gasteiger partial charge in [0.05, 0.1) is 18.0 Å². The molecule has 1 amide bonds. The van der Waals surface area contributed by atoms with Gasteiger partial charge >= 0.3 is 0 Å². The van der Waals surface area contributed by atoms with E-state index < -0.39 is 0 Å². The Balaban J connectivity index is 1.72. The van der Waals surface area contributed by atoms with Crippen molar-refractivity contribution in [2.75, 3.05) is 13.2 Å². The zero-order chi connectivity index (χ0) is 14.5. The summed E-state index contributed by atoms with van der Waals surface area (Å²) in [6.07, 6.45) is 0.762. The number of nitrogens with one attached hydrogen (secondary N) is 1. The summed E-state index contributed by atoms with van der Waals surface area (Å²) in [4.78, 5) is 21.4. The normalized spacial score (nSPS) is 13.4. The van der Waals surface area contributed by atoms with Crippen molar-refractivity contribution in [3.8, 4) is 11.3 Å². The van der Waals surface area contributed by atoms with Crippen molar-refractivity contribution in [3.63, 3.8) is 0 Å². The van der Waals surface area contributed by atoms with Gasteiger partial charge in [0.2, 0.25) is 0 Å². The van der Waals surface area contributed by atoms with Crippen molar-refractivity contribution in [1.82, 2.24) is 10.3 Å². The Morgan fingerprint density at radius 1 is 1.14 bits per heavy atom. The van der Waals surface area contributed by atoms with Crippen LogP contribution in [0.2, 0.25) is 0 Å². The van der Waals surface area contributed by atoms with Crippen molar-refractivity contribution in [3.05, 3.63) is 54.2 Å². The van der Waals surface area contributed by atoms with Crippen molar-refractivity contribution in [1.29, 1.82) is 0 Å². The fourth-order valence-electron chi connectivity index (χ4n) is 2.07. The molecule has 1 aromatic heterocycles. The second-order valence-electron chi connectivity index (χ2n) is 4.70. The maximum absolute atomic E-state index is 12.1. The van der Waals surface area contributed by atoms with Gasteiger partial charge in [-0.25, -0.2) is 4.98 Å². The number of hydrogen-bond donors (Lipinski definition) is 1. The highest BCUT2D eigenvalue weighted by atomic mass is 16.6. The summed E-state index contributed by atoms with van der Waals surface area (Å²) < 4.78 is 0. The minimum atomic E-state index is -0.206. The Labute approximate surface area is 122 Å². The first-order valence-electron chi connectivity index (χ1n) is 6.81. The molecular formula is C16H15N3O2. The van der Waals surface area contributed by atoms with Crippen LogP contribution in [0.1, 0.15) is 16.9 Å². The minimum Gasteiger partial charge on any atom is -0.395 e. The molecule has 5 nitrogen and oxygen atoms in total. The predicted molar refractivity (Wildman–Crippen MR) is 80.0 cm³/mol. The van der Waals surface area contributed by atoms with Gasteiger partial charge in [-0.15, -0.1) is 0 Å². The lowest BCUT2D eigenvalue weighted by molar-refractivity contribution is 0.0954. The summed E-state index contributed by atoms with van der Waals surface area (Å²) >= 11 is 0.